The highest BCUT2D eigenvalue weighted by atomic mass is 16.6. The Morgan fingerprint density at radius 2 is 2.29 bits per heavy atom. The van der Waals surface area contributed by atoms with Crippen LogP contribution in [0, 0.1) is 17.0 Å². The number of nitrogens with zero attached hydrogens (tertiary/aromatic N) is 3. The van der Waals surface area contributed by atoms with Crippen molar-refractivity contribution in [3.8, 4) is 5.69 Å². The minimum atomic E-state index is -0.398. The zero-order valence-corrected chi connectivity index (χ0v) is 9.17. The first-order valence-corrected chi connectivity index (χ1v) is 5.23. The molecule has 0 saturated carbocycles. The quantitative estimate of drug-likeness (QED) is 0.600. The van der Waals surface area contributed by atoms with E-state index >= 15 is 0 Å². The largest absolute Gasteiger partial charge is 0.378 e. The first-order valence-electron chi connectivity index (χ1n) is 5.23. The summed E-state index contributed by atoms with van der Waals surface area (Å²) in [5.74, 6) is 0. The summed E-state index contributed by atoms with van der Waals surface area (Å²) < 4.78 is 1.76. The summed E-state index contributed by atoms with van der Waals surface area (Å²) in [4.78, 5) is 10.4. The van der Waals surface area contributed by atoms with E-state index in [2.05, 4.69) is 10.4 Å². The molecule has 86 valence electrons. The molecule has 0 saturated heterocycles. The highest BCUT2D eigenvalue weighted by Gasteiger charge is 2.19. The number of benzene rings is 1. The van der Waals surface area contributed by atoms with Crippen molar-refractivity contribution in [3.05, 3.63) is 45.8 Å². The van der Waals surface area contributed by atoms with Gasteiger partial charge in [0, 0.05) is 12.1 Å². The molecule has 0 amide bonds. The van der Waals surface area contributed by atoms with E-state index in [9.17, 15) is 10.1 Å². The first-order chi connectivity index (χ1) is 8.15. The average Bonchev–Trinajstić information content (AvgIpc) is 2.69. The Balaban J connectivity index is 2.22. The number of hydrogen-bond acceptors (Lipinski definition) is 4. The Morgan fingerprint density at radius 3 is 3.06 bits per heavy atom. The van der Waals surface area contributed by atoms with Gasteiger partial charge in [-0.1, -0.05) is 0 Å². The summed E-state index contributed by atoms with van der Waals surface area (Å²) in [6, 6.07) is 6.72. The second kappa shape index (κ2) is 3.31. The van der Waals surface area contributed by atoms with Crippen molar-refractivity contribution in [1.29, 1.82) is 0 Å². The highest BCUT2D eigenvalue weighted by Crippen LogP contribution is 2.30. The van der Waals surface area contributed by atoms with E-state index in [-0.39, 0.29) is 5.69 Å². The fourth-order valence-electron chi connectivity index (χ4n) is 2.03. The van der Waals surface area contributed by atoms with Crippen molar-refractivity contribution in [2.75, 3.05) is 5.32 Å². The molecule has 17 heavy (non-hydrogen) atoms. The van der Waals surface area contributed by atoms with E-state index in [1.807, 2.05) is 13.0 Å². The van der Waals surface area contributed by atoms with Crippen LogP contribution < -0.4 is 5.32 Å². The molecule has 6 heteroatoms. The van der Waals surface area contributed by atoms with E-state index in [1.54, 1.807) is 10.7 Å². The predicted octanol–water partition coefficient (Wildman–Crippen LogP) is 2.01. The van der Waals surface area contributed by atoms with Crippen LogP contribution >= 0.6 is 0 Å². The lowest BCUT2D eigenvalue weighted by Gasteiger charge is -2.19. The molecular formula is C11H10N4O2. The van der Waals surface area contributed by atoms with Gasteiger partial charge >= 0.3 is 0 Å². The van der Waals surface area contributed by atoms with Gasteiger partial charge < -0.3 is 5.32 Å². The fourth-order valence-corrected chi connectivity index (χ4v) is 2.03. The van der Waals surface area contributed by atoms with Gasteiger partial charge in [0.1, 0.15) is 0 Å². The number of nitro benzene ring substituents is 1. The second-order valence-electron chi connectivity index (χ2n) is 4.00. The molecule has 2 aromatic rings. The molecule has 0 spiro atoms. The number of rotatable bonds is 1. The van der Waals surface area contributed by atoms with Gasteiger partial charge in [-0.25, -0.2) is 4.68 Å². The van der Waals surface area contributed by atoms with Crippen molar-refractivity contribution in [2.24, 2.45) is 0 Å². The van der Waals surface area contributed by atoms with Crippen LogP contribution in [0.1, 0.15) is 11.4 Å². The van der Waals surface area contributed by atoms with Crippen LogP contribution in [0.15, 0.2) is 24.3 Å². The Labute approximate surface area is 97.0 Å². The summed E-state index contributed by atoms with van der Waals surface area (Å²) in [6.45, 7) is 2.59. The molecule has 0 atom stereocenters. The maximum absolute atomic E-state index is 10.8. The highest BCUT2D eigenvalue weighted by molar-refractivity contribution is 5.67. The number of nitrogens with one attached hydrogen (secondary N) is 1. The normalized spacial score (nSPS) is 12.5. The summed E-state index contributed by atoms with van der Waals surface area (Å²) in [5, 5.41) is 18.3. The number of nitro groups is 1. The lowest BCUT2D eigenvalue weighted by atomic mass is 10.2. The van der Waals surface area contributed by atoms with E-state index in [1.165, 1.54) is 12.1 Å². The van der Waals surface area contributed by atoms with Crippen LogP contribution in [0.5, 0.6) is 0 Å². The van der Waals surface area contributed by atoms with Crippen molar-refractivity contribution in [2.45, 2.75) is 13.5 Å². The summed E-state index contributed by atoms with van der Waals surface area (Å²) in [7, 11) is 0. The molecule has 3 rings (SSSR count). The van der Waals surface area contributed by atoms with Crippen LogP contribution in [0.3, 0.4) is 0 Å². The van der Waals surface area contributed by atoms with Gasteiger partial charge in [-0.05, 0) is 19.1 Å². The number of non-ortho nitro benzene ring substituents is 1. The molecule has 0 radical (unpaired) electrons. The molecule has 2 heterocycles. The molecule has 6 nitrogen and oxygen atoms in total. The standard InChI is InChI=1S/C11H10N4O2/c1-7-4-9-6-12-10-3-2-8(15(16)17)5-11(10)14(9)13-7/h2-5,12H,6H2,1H3. The first kappa shape index (κ1) is 9.83. The maximum Gasteiger partial charge on any atom is 0.271 e. The van der Waals surface area contributed by atoms with E-state index < -0.39 is 4.92 Å². The lowest BCUT2D eigenvalue weighted by molar-refractivity contribution is -0.384. The minimum Gasteiger partial charge on any atom is -0.378 e. The molecule has 0 bridgehead atoms. The molecule has 1 aromatic carbocycles. The van der Waals surface area contributed by atoms with Gasteiger partial charge in [-0.3, -0.25) is 10.1 Å². The topological polar surface area (TPSA) is 73.0 Å². The number of fused-ring (bicyclic) bond motifs is 3. The SMILES string of the molecule is Cc1cc2n(n1)-c1cc([N+](=O)[O-])ccc1NC2. The van der Waals surface area contributed by atoms with E-state index in [4.69, 9.17) is 0 Å². The third-order valence-corrected chi connectivity index (χ3v) is 2.79. The average molecular weight is 230 g/mol. The van der Waals surface area contributed by atoms with Crippen molar-refractivity contribution in [3.63, 3.8) is 0 Å². The van der Waals surface area contributed by atoms with Crippen LogP contribution in [0.4, 0.5) is 11.4 Å². The Hall–Kier alpha value is -2.37. The predicted molar refractivity (Wildman–Crippen MR) is 62.3 cm³/mol. The zero-order chi connectivity index (χ0) is 12.0. The summed E-state index contributed by atoms with van der Waals surface area (Å²) in [5.41, 5.74) is 3.59. The van der Waals surface area contributed by atoms with Crippen molar-refractivity contribution >= 4 is 11.4 Å². The van der Waals surface area contributed by atoms with Gasteiger partial charge in [0.15, 0.2) is 0 Å². The molecule has 0 fully saturated rings. The van der Waals surface area contributed by atoms with Crippen LogP contribution in [0.25, 0.3) is 5.69 Å². The Bertz CT molecular complexity index is 618. The van der Waals surface area contributed by atoms with Gasteiger partial charge in [0.05, 0.1) is 34.2 Å². The van der Waals surface area contributed by atoms with Crippen molar-refractivity contribution in [1.82, 2.24) is 9.78 Å². The number of aryl methyl sites for hydroxylation is 1. The van der Waals surface area contributed by atoms with Gasteiger partial charge in [0.25, 0.3) is 5.69 Å². The smallest absolute Gasteiger partial charge is 0.271 e. The third-order valence-electron chi connectivity index (χ3n) is 2.79. The summed E-state index contributed by atoms with van der Waals surface area (Å²) in [6.07, 6.45) is 0. The number of aromatic nitrogens is 2. The molecule has 1 aliphatic rings. The van der Waals surface area contributed by atoms with Gasteiger partial charge in [0.2, 0.25) is 0 Å². The number of anilines is 1. The zero-order valence-electron chi connectivity index (χ0n) is 9.17. The van der Waals surface area contributed by atoms with Gasteiger partial charge in [-0.2, -0.15) is 5.10 Å². The summed E-state index contributed by atoms with van der Waals surface area (Å²) >= 11 is 0. The lowest BCUT2D eigenvalue weighted by Crippen LogP contribution is -2.15. The van der Waals surface area contributed by atoms with E-state index in [0.717, 1.165) is 22.8 Å². The molecule has 0 unspecified atom stereocenters. The molecule has 1 aromatic heterocycles. The molecule has 1 N–H and O–H groups in total. The van der Waals surface area contributed by atoms with Gasteiger partial charge in [-0.15, -0.1) is 0 Å². The van der Waals surface area contributed by atoms with Crippen LogP contribution in [0.2, 0.25) is 0 Å². The van der Waals surface area contributed by atoms with Crippen LogP contribution in [-0.2, 0) is 6.54 Å². The Morgan fingerprint density at radius 1 is 1.47 bits per heavy atom. The Kier molecular flexibility index (Phi) is 1.91. The fraction of sp³-hybridized carbons (Fsp3) is 0.182. The molecular weight excluding hydrogens is 220 g/mol. The van der Waals surface area contributed by atoms with Crippen LogP contribution in [-0.4, -0.2) is 14.7 Å². The molecule has 1 aliphatic heterocycles. The minimum absolute atomic E-state index is 0.0755. The van der Waals surface area contributed by atoms with Crippen molar-refractivity contribution < 1.29 is 4.92 Å². The molecule has 0 aliphatic carbocycles. The number of hydrogen-bond donors (Lipinski definition) is 1. The van der Waals surface area contributed by atoms with E-state index in [0.29, 0.717) is 6.54 Å². The monoisotopic (exact) mass is 230 g/mol. The second-order valence-corrected chi connectivity index (χ2v) is 4.00. The third kappa shape index (κ3) is 1.45. The maximum atomic E-state index is 10.8.